The van der Waals surface area contributed by atoms with Gasteiger partial charge in [0.2, 0.25) is 0 Å². The first kappa shape index (κ1) is 51.5. The summed E-state index contributed by atoms with van der Waals surface area (Å²) in [4.78, 5) is 4.50. The van der Waals surface area contributed by atoms with Crippen molar-refractivity contribution in [3.63, 3.8) is 0 Å². The van der Waals surface area contributed by atoms with E-state index in [0.29, 0.717) is 0 Å². The number of fused-ring (bicyclic) bond motifs is 6. The number of benzene rings is 8. The Hall–Kier alpha value is -6.32. The van der Waals surface area contributed by atoms with Gasteiger partial charge in [-0.25, -0.2) is 0 Å². The molecule has 2 aliphatic rings. The van der Waals surface area contributed by atoms with Crippen molar-refractivity contribution in [3.05, 3.63) is 261 Å². The largest absolute Gasteiger partial charge is 0.307 e. The smallest absolute Gasteiger partial charge is 0.0295 e. The van der Waals surface area contributed by atoms with Crippen LogP contribution in [-0.4, -0.2) is 50.1 Å². The molecule has 0 saturated carbocycles. The van der Waals surface area contributed by atoms with Gasteiger partial charge in [-0.1, -0.05) is 244 Å². The molecule has 10 rings (SSSR count). The van der Waals surface area contributed by atoms with Crippen LogP contribution in [0.2, 0.25) is 0 Å². The molecule has 8 aromatic carbocycles. The maximum atomic E-state index is 2.35. The van der Waals surface area contributed by atoms with Crippen LogP contribution in [0.15, 0.2) is 194 Å². The Kier molecular flexibility index (Phi) is 17.7. The van der Waals surface area contributed by atoms with E-state index in [2.05, 4.69) is 273 Å². The molecule has 0 unspecified atom stereocenters. The molecule has 8 aromatic rings. The molecule has 2 nitrogen and oxygen atoms in total. The summed E-state index contributed by atoms with van der Waals surface area (Å²) in [5.74, 6) is 0. The van der Waals surface area contributed by atoms with Crippen molar-refractivity contribution >= 4 is 0 Å². The van der Waals surface area contributed by atoms with Gasteiger partial charge >= 0.3 is 0 Å². The average Bonchev–Trinajstić information content (AvgIpc) is 3.81. The highest BCUT2D eigenvalue weighted by molar-refractivity contribution is 5.82. The average molecular weight is 923 g/mol. The van der Waals surface area contributed by atoms with Gasteiger partial charge in [0, 0.05) is 10.8 Å². The molecular formula is C68H78N2. The van der Waals surface area contributed by atoms with Crippen molar-refractivity contribution in [2.24, 2.45) is 0 Å². The van der Waals surface area contributed by atoms with Crippen LogP contribution >= 0.6 is 0 Å². The van der Waals surface area contributed by atoms with E-state index in [1.54, 1.807) is 0 Å². The predicted molar refractivity (Wildman–Crippen MR) is 303 cm³/mol. The molecule has 0 bridgehead atoms. The van der Waals surface area contributed by atoms with Gasteiger partial charge in [-0.15, -0.1) is 0 Å². The molecule has 70 heavy (non-hydrogen) atoms. The lowest BCUT2D eigenvalue weighted by atomic mass is 9.69. The van der Waals surface area contributed by atoms with Crippen LogP contribution in [0.5, 0.6) is 0 Å². The molecule has 0 spiro atoms. The van der Waals surface area contributed by atoms with E-state index in [1.807, 2.05) is 0 Å². The molecule has 2 aliphatic carbocycles. The zero-order valence-electron chi connectivity index (χ0n) is 44.0. The summed E-state index contributed by atoms with van der Waals surface area (Å²) < 4.78 is 0. The molecule has 0 atom stereocenters. The lowest BCUT2D eigenvalue weighted by molar-refractivity contribution is 0.373. The molecule has 0 aromatic heterocycles. The van der Waals surface area contributed by atoms with Gasteiger partial charge in [0.05, 0.1) is 0 Å². The van der Waals surface area contributed by atoms with Gasteiger partial charge in [-0.3, -0.25) is 0 Å². The number of rotatable bonds is 12. The zero-order chi connectivity index (χ0) is 49.7. The van der Waals surface area contributed by atoms with Gasteiger partial charge < -0.3 is 9.80 Å². The van der Waals surface area contributed by atoms with Crippen LogP contribution in [0.4, 0.5) is 0 Å². The van der Waals surface area contributed by atoms with E-state index in [4.69, 9.17) is 0 Å². The summed E-state index contributed by atoms with van der Waals surface area (Å²) in [7, 11) is 4.22. The van der Waals surface area contributed by atoms with Gasteiger partial charge in [-0.2, -0.15) is 0 Å². The van der Waals surface area contributed by atoms with Crippen molar-refractivity contribution in [2.45, 2.75) is 91.9 Å². The highest BCUT2D eigenvalue weighted by Crippen LogP contribution is 2.53. The van der Waals surface area contributed by atoms with E-state index in [1.165, 1.54) is 89.0 Å². The fourth-order valence-corrected chi connectivity index (χ4v) is 10.6. The summed E-state index contributed by atoms with van der Waals surface area (Å²) in [6, 6.07) is 72.2. The van der Waals surface area contributed by atoms with Crippen LogP contribution in [-0.2, 0) is 36.5 Å². The number of nitrogens with zero attached hydrogens (tertiary/aromatic N) is 2. The molecule has 0 saturated heterocycles. The normalized spacial score (nSPS) is 13.1. The van der Waals surface area contributed by atoms with Crippen LogP contribution < -0.4 is 0 Å². The van der Waals surface area contributed by atoms with Crippen LogP contribution in [0.3, 0.4) is 0 Å². The summed E-state index contributed by atoms with van der Waals surface area (Å²) >= 11 is 0. The highest BCUT2D eigenvalue weighted by atomic mass is 15.1. The number of hydrogen-bond acceptors (Lipinski definition) is 2. The SMILES string of the molecule is CCN(C)CC.CCN(C)CC.Cc1ccc(CC2(Cc3ccc(C)cc3)c3ccccc3-c3ccccc32)cc1.Cc1cccc(CC2(Cc3cccc(C)c3)c3ccccc3-c3ccccc32)c1. The van der Waals surface area contributed by atoms with Crippen molar-refractivity contribution in [3.8, 4) is 22.3 Å². The first-order chi connectivity index (χ1) is 33.9. The number of aryl methyl sites for hydroxylation is 4. The Labute approximate surface area is 423 Å². The Morgan fingerprint density at radius 1 is 0.286 bits per heavy atom. The molecule has 0 heterocycles. The molecule has 360 valence electrons. The third-order valence-corrected chi connectivity index (χ3v) is 14.9. The quantitative estimate of drug-likeness (QED) is 0.120. The van der Waals surface area contributed by atoms with E-state index in [-0.39, 0.29) is 10.8 Å². The third-order valence-electron chi connectivity index (χ3n) is 14.9. The fraction of sp³-hybridized carbons (Fsp3) is 0.294. The van der Waals surface area contributed by atoms with Gasteiger partial charge in [0.15, 0.2) is 0 Å². The Bertz CT molecular complexity index is 2700. The molecule has 0 aliphatic heterocycles. The van der Waals surface area contributed by atoms with Gasteiger partial charge in [0.25, 0.3) is 0 Å². The van der Waals surface area contributed by atoms with Gasteiger partial charge in [0.1, 0.15) is 0 Å². The monoisotopic (exact) mass is 923 g/mol. The second-order valence-corrected chi connectivity index (χ2v) is 20.0. The van der Waals surface area contributed by atoms with E-state index in [9.17, 15) is 0 Å². The first-order valence-electron chi connectivity index (χ1n) is 25.9. The summed E-state index contributed by atoms with van der Waals surface area (Å²) in [6.45, 7) is 22.0. The van der Waals surface area contributed by atoms with Crippen molar-refractivity contribution < 1.29 is 0 Å². The second kappa shape index (κ2) is 24.0. The summed E-state index contributed by atoms with van der Waals surface area (Å²) in [6.07, 6.45) is 4.04. The maximum Gasteiger partial charge on any atom is 0.0295 e. The van der Waals surface area contributed by atoms with Crippen LogP contribution in [0.25, 0.3) is 22.3 Å². The Morgan fingerprint density at radius 3 is 0.814 bits per heavy atom. The van der Waals surface area contributed by atoms with E-state index < -0.39 is 0 Å². The Morgan fingerprint density at radius 2 is 0.557 bits per heavy atom. The minimum Gasteiger partial charge on any atom is -0.307 e. The van der Waals surface area contributed by atoms with Crippen molar-refractivity contribution in [1.82, 2.24) is 9.80 Å². The Balaban J connectivity index is 0.000000168. The zero-order valence-corrected chi connectivity index (χ0v) is 44.0. The minimum absolute atomic E-state index is 0.0439. The summed E-state index contributed by atoms with van der Waals surface area (Å²) in [5.41, 5.74) is 22.2. The lowest BCUT2D eigenvalue weighted by Gasteiger charge is -2.33. The molecule has 0 N–H and O–H groups in total. The molecule has 0 radical (unpaired) electrons. The standard InChI is InChI=1S/2C29H26.2C5H13N/c1-21-9-7-11-23(17-21)19-29(20-24-12-8-10-22(2)18-24)27-15-5-3-13-25(27)26-14-4-6-16-28(26)29;1-21-11-15-23(16-12-21)19-29(20-24-17-13-22(2)14-18-24)27-9-5-3-7-25(27)26-8-4-6-10-28(26)29;2*1-4-6(3)5-2/h2*3-18H,19-20H2,1-2H3;2*4-5H2,1-3H3. The van der Waals surface area contributed by atoms with Crippen LogP contribution in [0.1, 0.15) is 94.5 Å². The van der Waals surface area contributed by atoms with E-state index in [0.717, 1.165) is 51.9 Å². The third kappa shape index (κ3) is 12.0. The van der Waals surface area contributed by atoms with Crippen molar-refractivity contribution in [1.29, 1.82) is 0 Å². The predicted octanol–water partition coefficient (Wildman–Crippen LogP) is 16.0. The molecule has 2 heteroatoms. The van der Waals surface area contributed by atoms with Crippen molar-refractivity contribution in [2.75, 3.05) is 40.3 Å². The highest BCUT2D eigenvalue weighted by Gasteiger charge is 2.44. The van der Waals surface area contributed by atoms with E-state index >= 15 is 0 Å². The van der Waals surface area contributed by atoms with Crippen LogP contribution in [0, 0.1) is 27.7 Å². The molecule has 0 amide bonds. The fourth-order valence-electron chi connectivity index (χ4n) is 10.6. The lowest BCUT2D eigenvalue weighted by Crippen LogP contribution is -2.31. The number of hydrogen-bond donors (Lipinski definition) is 0. The molecular weight excluding hydrogens is 845 g/mol. The van der Waals surface area contributed by atoms with Gasteiger partial charge in [-0.05, 0) is 160 Å². The first-order valence-corrected chi connectivity index (χ1v) is 25.9. The topological polar surface area (TPSA) is 6.48 Å². The second-order valence-electron chi connectivity index (χ2n) is 20.0. The minimum atomic E-state index is -0.0469. The molecule has 0 fully saturated rings. The summed E-state index contributed by atoms with van der Waals surface area (Å²) in [5, 5.41) is 0. The maximum absolute atomic E-state index is 2.35.